The summed E-state index contributed by atoms with van der Waals surface area (Å²) in [5, 5.41) is 13.9. The van der Waals surface area contributed by atoms with Gasteiger partial charge in [-0.3, -0.25) is 9.89 Å². The van der Waals surface area contributed by atoms with Gasteiger partial charge >= 0.3 is 0 Å². The number of amides is 1. The zero-order chi connectivity index (χ0) is 19.0. The molecule has 6 heteroatoms. The molecule has 3 aromatic rings. The molecule has 2 fully saturated rings. The summed E-state index contributed by atoms with van der Waals surface area (Å²) in [7, 11) is 0. The minimum Gasteiger partial charge on any atom is -0.325 e. The van der Waals surface area contributed by atoms with Gasteiger partial charge in [0.25, 0.3) is 0 Å². The van der Waals surface area contributed by atoms with Gasteiger partial charge in [0.1, 0.15) is 0 Å². The van der Waals surface area contributed by atoms with Crippen LogP contribution in [0.15, 0.2) is 54.6 Å². The minimum atomic E-state index is 0.122. The van der Waals surface area contributed by atoms with Crippen molar-refractivity contribution in [3.05, 3.63) is 54.6 Å². The molecule has 6 nitrogen and oxygen atoms in total. The molecular formula is C22H23N5O. The number of benzene rings is 2. The summed E-state index contributed by atoms with van der Waals surface area (Å²) < 4.78 is 0. The number of carbonyl (C=O) groups is 1. The number of H-pyrrole nitrogens is 1. The third-order valence-electron chi connectivity index (χ3n) is 6.06. The van der Waals surface area contributed by atoms with Crippen molar-refractivity contribution in [2.24, 2.45) is 11.3 Å². The Balaban J connectivity index is 1.37. The van der Waals surface area contributed by atoms with E-state index in [0.29, 0.717) is 11.6 Å². The van der Waals surface area contributed by atoms with Crippen LogP contribution in [0.3, 0.4) is 0 Å². The molecule has 0 radical (unpaired) electrons. The summed E-state index contributed by atoms with van der Waals surface area (Å²) in [6.07, 6.45) is 3.19. The molecule has 3 N–H and O–H groups in total. The molecule has 142 valence electrons. The van der Waals surface area contributed by atoms with Gasteiger partial charge < -0.3 is 10.6 Å². The second-order valence-corrected chi connectivity index (χ2v) is 7.78. The summed E-state index contributed by atoms with van der Waals surface area (Å²) >= 11 is 0. The standard InChI is InChI=1S/C22H23N5O/c28-21(17-14-22(17)10-12-23-13-11-22)24-18-9-5-4-8-16(18)20-25-19(26-27-20)15-6-2-1-3-7-15/h1-9,17,23H,10-14H2,(H,24,28)(H,25,26,27). The number of carbonyl (C=O) groups excluding carboxylic acids is 1. The number of piperidine rings is 1. The molecule has 1 unspecified atom stereocenters. The molecule has 2 aliphatic rings. The topological polar surface area (TPSA) is 82.7 Å². The second-order valence-electron chi connectivity index (χ2n) is 7.78. The van der Waals surface area contributed by atoms with Crippen LogP contribution in [-0.4, -0.2) is 34.2 Å². The van der Waals surface area contributed by atoms with E-state index in [1.165, 1.54) is 0 Å². The highest BCUT2D eigenvalue weighted by molar-refractivity contribution is 5.98. The van der Waals surface area contributed by atoms with Gasteiger partial charge in [0.2, 0.25) is 5.91 Å². The van der Waals surface area contributed by atoms with Crippen LogP contribution in [0.1, 0.15) is 19.3 Å². The molecule has 1 aliphatic carbocycles. The van der Waals surface area contributed by atoms with Gasteiger partial charge in [-0.2, -0.15) is 5.10 Å². The molecule has 1 saturated heterocycles. The number of nitrogens with zero attached hydrogens (tertiary/aromatic N) is 2. The first-order valence-electron chi connectivity index (χ1n) is 9.84. The van der Waals surface area contributed by atoms with Crippen molar-refractivity contribution in [1.29, 1.82) is 0 Å². The average molecular weight is 373 g/mol. The lowest BCUT2D eigenvalue weighted by Crippen LogP contribution is -2.31. The van der Waals surface area contributed by atoms with Crippen LogP contribution in [0.4, 0.5) is 5.69 Å². The van der Waals surface area contributed by atoms with Gasteiger partial charge in [0.05, 0.1) is 5.69 Å². The highest BCUT2D eigenvalue weighted by Gasteiger charge is 2.57. The van der Waals surface area contributed by atoms with E-state index in [0.717, 1.165) is 49.2 Å². The summed E-state index contributed by atoms with van der Waals surface area (Å²) in [5.74, 6) is 1.55. The lowest BCUT2D eigenvalue weighted by Gasteiger charge is -2.23. The first-order chi connectivity index (χ1) is 13.8. The summed E-state index contributed by atoms with van der Waals surface area (Å²) in [5.41, 5.74) is 2.80. The molecule has 28 heavy (non-hydrogen) atoms. The van der Waals surface area contributed by atoms with E-state index >= 15 is 0 Å². The van der Waals surface area contributed by atoms with E-state index in [2.05, 4.69) is 25.8 Å². The molecule has 1 aromatic heterocycles. The van der Waals surface area contributed by atoms with Gasteiger partial charge in [0.15, 0.2) is 11.6 Å². The third-order valence-corrected chi connectivity index (χ3v) is 6.06. The molecule has 1 aliphatic heterocycles. The third kappa shape index (κ3) is 3.10. The van der Waals surface area contributed by atoms with Crippen molar-refractivity contribution in [3.63, 3.8) is 0 Å². The zero-order valence-corrected chi connectivity index (χ0v) is 15.6. The molecule has 2 aromatic carbocycles. The van der Waals surface area contributed by atoms with E-state index in [1.54, 1.807) is 0 Å². The van der Waals surface area contributed by atoms with Gasteiger partial charge in [-0.25, -0.2) is 4.98 Å². The van der Waals surface area contributed by atoms with E-state index in [1.807, 2.05) is 54.6 Å². The molecule has 1 spiro atoms. The fraction of sp³-hybridized carbons (Fsp3) is 0.318. The Labute approximate surface area is 163 Å². The number of hydrogen-bond donors (Lipinski definition) is 3. The van der Waals surface area contributed by atoms with Crippen LogP contribution in [0.2, 0.25) is 0 Å². The predicted molar refractivity (Wildman–Crippen MR) is 109 cm³/mol. The van der Waals surface area contributed by atoms with Crippen molar-refractivity contribution >= 4 is 11.6 Å². The van der Waals surface area contributed by atoms with Crippen molar-refractivity contribution in [3.8, 4) is 22.8 Å². The van der Waals surface area contributed by atoms with Gasteiger partial charge in [-0.15, -0.1) is 0 Å². The predicted octanol–water partition coefficient (Wildman–Crippen LogP) is 3.47. The number of aromatic nitrogens is 3. The number of hydrogen-bond acceptors (Lipinski definition) is 4. The van der Waals surface area contributed by atoms with Crippen molar-refractivity contribution in [1.82, 2.24) is 20.5 Å². The van der Waals surface area contributed by atoms with Gasteiger partial charge in [0, 0.05) is 17.0 Å². The Morgan fingerprint density at radius 2 is 1.79 bits per heavy atom. The maximum atomic E-state index is 12.9. The number of para-hydroxylation sites is 1. The molecular weight excluding hydrogens is 350 g/mol. The van der Waals surface area contributed by atoms with Gasteiger partial charge in [-0.05, 0) is 49.9 Å². The molecule has 1 saturated carbocycles. The molecule has 1 atom stereocenters. The molecule has 0 bridgehead atoms. The first kappa shape index (κ1) is 17.1. The maximum Gasteiger partial charge on any atom is 0.228 e. The van der Waals surface area contributed by atoms with E-state index in [9.17, 15) is 4.79 Å². The van der Waals surface area contributed by atoms with Crippen molar-refractivity contribution in [2.45, 2.75) is 19.3 Å². The lowest BCUT2D eigenvalue weighted by molar-refractivity contribution is -0.118. The van der Waals surface area contributed by atoms with E-state index in [4.69, 9.17) is 0 Å². The van der Waals surface area contributed by atoms with E-state index < -0.39 is 0 Å². The van der Waals surface area contributed by atoms with Crippen molar-refractivity contribution in [2.75, 3.05) is 18.4 Å². The summed E-state index contributed by atoms with van der Waals surface area (Å²) in [6.45, 7) is 2.03. The van der Waals surface area contributed by atoms with Crippen LogP contribution >= 0.6 is 0 Å². The van der Waals surface area contributed by atoms with Crippen LogP contribution in [0.5, 0.6) is 0 Å². The van der Waals surface area contributed by atoms with Crippen LogP contribution in [0, 0.1) is 11.3 Å². The Hall–Kier alpha value is -2.99. The maximum absolute atomic E-state index is 12.9. The van der Waals surface area contributed by atoms with Crippen LogP contribution in [0.25, 0.3) is 22.8 Å². The van der Waals surface area contributed by atoms with Gasteiger partial charge in [-0.1, -0.05) is 42.5 Å². The Bertz CT molecular complexity index is 991. The molecule has 2 heterocycles. The minimum absolute atomic E-state index is 0.122. The molecule has 1 amide bonds. The summed E-state index contributed by atoms with van der Waals surface area (Å²) in [4.78, 5) is 17.5. The highest BCUT2D eigenvalue weighted by atomic mass is 16.2. The first-order valence-corrected chi connectivity index (χ1v) is 9.84. The Kier molecular flexibility index (Phi) is 4.20. The Morgan fingerprint density at radius 3 is 2.61 bits per heavy atom. The monoisotopic (exact) mass is 373 g/mol. The summed E-state index contributed by atoms with van der Waals surface area (Å²) in [6, 6.07) is 17.6. The smallest absolute Gasteiger partial charge is 0.228 e. The quantitative estimate of drug-likeness (QED) is 0.654. The normalized spacial score (nSPS) is 20.1. The molecule has 5 rings (SSSR count). The SMILES string of the molecule is O=C(Nc1ccccc1-c1nc(-c2ccccc2)n[nH]1)C1CC12CCNCC2. The van der Waals surface area contributed by atoms with Crippen LogP contribution in [-0.2, 0) is 4.79 Å². The fourth-order valence-electron chi connectivity index (χ4n) is 4.31. The highest BCUT2D eigenvalue weighted by Crippen LogP contribution is 2.58. The fourth-order valence-corrected chi connectivity index (χ4v) is 4.31. The zero-order valence-electron chi connectivity index (χ0n) is 15.6. The van der Waals surface area contributed by atoms with Crippen molar-refractivity contribution < 1.29 is 4.79 Å². The number of anilines is 1. The number of rotatable bonds is 4. The Morgan fingerprint density at radius 1 is 1.04 bits per heavy atom. The lowest BCUT2D eigenvalue weighted by atomic mass is 9.91. The van der Waals surface area contributed by atoms with E-state index in [-0.39, 0.29) is 17.2 Å². The number of nitrogens with one attached hydrogen (secondary N) is 3. The number of aromatic amines is 1. The second kappa shape index (κ2) is 6.87. The largest absolute Gasteiger partial charge is 0.325 e. The van der Waals surface area contributed by atoms with Crippen LogP contribution < -0.4 is 10.6 Å². The average Bonchev–Trinajstić information content (AvgIpc) is 3.21.